The van der Waals surface area contributed by atoms with Crippen LogP contribution in [-0.4, -0.2) is 13.1 Å². The summed E-state index contributed by atoms with van der Waals surface area (Å²) in [5.74, 6) is 0. The lowest BCUT2D eigenvalue weighted by Gasteiger charge is -2.00. The zero-order valence-electron chi connectivity index (χ0n) is 4.85. The van der Waals surface area contributed by atoms with E-state index >= 15 is 0 Å². The third-order valence-electron chi connectivity index (χ3n) is 1.69. The first-order valence-electron chi connectivity index (χ1n) is 3.02. The molecule has 1 nitrogen and oxygen atoms in total. The lowest BCUT2D eigenvalue weighted by atomic mass is 10.3. The molecule has 1 fully saturated rings. The van der Waals surface area contributed by atoms with Crippen molar-refractivity contribution in [2.45, 2.75) is 31.7 Å². The zero-order valence-corrected chi connectivity index (χ0v) is 4.85. The van der Waals surface area contributed by atoms with Gasteiger partial charge >= 0.3 is 0 Å². The maximum Gasteiger partial charge on any atom is 0.0242 e. The molecule has 0 aliphatic heterocycles. The van der Waals surface area contributed by atoms with Gasteiger partial charge in [-0.15, -0.1) is 0 Å². The van der Waals surface area contributed by atoms with Crippen molar-refractivity contribution < 1.29 is 0 Å². The summed E-state index contributed by atoms with van der Waals surface area (Å²) in [6.07, 6.45) is 5.50. The van der Waals surface area contributed by atoms with Crippen molar-refractivity contribution in [3.8, 4) is 0 Å². The van der Waals surface area contributed by atoms with Crippen LogP contribution in [0.1, 0.15) is 25.7 Å². The van der Waals surface area contributed by atoms with Crippen LogP contribution in [0.2, 0.25) is 0 Å². The van der Waals surface area contributed by atoms with E-state index in [2.05, 4.69) is 5.32 Å². The molecule has 1 heteroatoms. The molecular formula is C6H12N. The third-order valence-corrected chi connectivity index (χ3v) is 1.69. The van der Waals surface area contributed by atoms with Crippen molar-refractivity contribution in [2.75, 3.05) is 7.05 Å². The first kappa shape index (κ1) is 5.10. The third kappa shape index (κ3) is 1.16. The van der Waals surface area contributed by atoms with Gasteiger partial charge in [-0.3, -0.25) is 0 Å². The van der Waals surface area contributed by atoms with E-state index < -0.39 is 0 Å². The van der Waals surface area contributed by atoms with Gasteiger partial charge in [0.2, 0.25) is 0 Å². The van der Waals surface area contributed by atoms with Gasteiger partial charge in [0.05, 0.1) is 0 Å². The van der Waals surface area contributed by atoms with Crippen LogP contribution in [0.15, 0.2) is 0 Å². The fourth-order valence-electron chi connectivity index (χ4n) is 1.16. The Morgan fingerprint density at radius 1 is 1.29 bits per heavy atom. The van der Waals surface area contributed by atoms with Crippen LogP contribution in [0.25, 0.3) is 0 Å². The van der Waals surface area contributed by atoms with E-state index in [1.807, 2.05) is 7.05 Å². The van der Waals surface area contributed by atoms with Crippen molar-refractivity contribution in [3.63, 3.8) is 0 Å². The highest BCUT2D eigenvalue weighted by molar-refractivity contribution is 4.70. The summed E-state index contributed by atoms with van der Waals surface area (Å²) in [5.41, 5.74) is 0. The molecule has 0 bridgehead atoms. The van der Waals surface area contributed by atoms with Gasteiger partial charge < -0.3 is 0 Å². The second-order valence-corrected chi connectivity index (χ2v) is 2.20. The van der Waals surface area contributed by atoms with Gasteiger partial charge in [-0.05, 0) is 12.8 Å². The number of rotatable bonds is 1. The lowest BCUT2D eigenvalue weighted by Crippen LogP contribution is -2.12. The van der Waals surface area contributed by atoms with Gasteiger partial charge in [0.15, 0.2) is 0 Å². The fraction of sp³-hybridized carbons (Fsp3) is 1.00. The molecule has 0 atom stereocenters. The van der Waals surface area contributed by atoms with E-state index in [0.717, 1.165) is 6.04 Å². The predicted molar refractivity (Wildman–Crippen MR) is 30.3 cm³/mol. The van der Waals surface area contributed by atoms with Gasteiger partial charge in [-0.1, -0.05) is 12.8 Å². The van der Waals surface area contributed by atoms with E-state index in [-0.39, 0.29) is 0 Å². The van der Waals surface area contributed by atoms with Crippen LogP contribution < -0.4 is 5.32 Å². The first-order chi connectivity index (χ1) is 3.43. The minimum atomic E-state index is 0.722. The minimum Gasteiger partial charge on any atom is -0.242 e. The topological polar surface area (TPSA) is 14.1 Å². The standard InChI is InChI=1S/C6H12N/c1-7-6-4-2-3-5-6/h6H,2-5H2,1H3. The Kier molecular flexibility index (Phi) is 1.69. The largest absolute Gasteiger partial charge is 0.242 e. The van der Waals surface area contributed by atoms with Crippen molar-refractivity contribution in [3.05, 3.63) is 0 Å². The van der Waals surface area contributed by atoms with Crippen molar-refractivity contribution in [1.29, 1.82) is 0 Å². The fourth-order valence-corrected chi connectivity index (χ4v) is 1.16. The zero-order chi connectivity index (χ0) is 5.11. The Hall–Kier alpha value is -0.0400. The van der Waals surface area contributed by atoms with Crippen LogP contribution in [-0.2, 0) is 0 Å². The summed E-state index contributed by atoms with van der Waals surface area (Å²) in [6.45, 7) is 0. The summed E-state index contributed by atoms with van der Waals surface area (Å²) in [5, 5.41) is 4.19. The van der Waals surface area contributed by atoms with Gasteiger partial charge in [-0.2, -0.15) is 0 Å². The summed E-state index contributed by atoms with van der Waals surface area (Å²) < 4.78 is 0. The maximum absolute atomic E-state index is 4.19. The van der Waals surface area contributed by atoms with Gasteiger partial charge in [0.25, 0.3) is 0 Å². The molecule has 0 aromatic heterocycles. The van der Waals surface area contributed by atoms with E-state index in [4.69, 9.17) is 0 Å². The quantitative estimate of drug-likeness (QED) is 0.467. The SMILES string of the molecule is C[N]C1CCCC1. The van der Waals surface area contributed by atoms with Crippen LogP contribution >= 0.6 is 0 Å². The molecule has 1 aliphatic carbocycles. The molecule has 1 saturated carbocycles. The van der Waals surface area contributed by atoms with Crippen LogP contribution in [0.5, 0.6) is 0 Å². The maximum atomic E-state index is 4.19. The lowest BCUT2D eigenvalue weighted by molar-refractivity contribution is 0.571. The predicted octanol–water partition coefficient (Wildman–Crippen LogP) is 1.16. The molecule has 0 amide bonds. The minimum absolute atomic E-state index is 0.722. The Labute approximate surface area is 45.1 Å². The Morgan fingerprint density at radius 2 is 1.86 bits per heavy atom. The smallest absolute Gasteiger partial charge is 0.0242 e. The molecule has 1 radical (unpaired) electrons. The van der Waals surface area contributed by atoms with Crippen LogP contribution in [0, 0.1) is 0 Å². The average molecular weight is 98.2 g/mol. The molecule has 0 heterocycles. The summed E-state index contributed by atoms with van der Waals surface area (Å²) in [4.78, 5) is 0. The normalized spacial score (nSPS) is 23.6. The number of hydrogen-bond donors (Lipinski definition) is 0. The molecule has 0 aromatic rings. The van der Waals surface area contributed by atoms with E-state index in [1.54, 1.807) is 0 Å². The van der Waals surface area contributed by atoms with E-state index in [9.17, 15) is 0 Å². The molecule has 0 spiro atoms. The Bertz CT molecular complexity index is 46.1. The molecular weight excluding hydrogens is 86.1 g/mol. The summed E-state index contributed by atoms with van der Waals surface area (Å²) in [6, 6.07) is 0.722. The van der Waals surface area contributed by atoms with Crippen LogP contribution in [0.4, 0.5) is 0 Å². The Morgan fingerprint density at radius 3 is 2.14 bits per heavy atom. The first-order valence-corrected chi connectivity index (χ1v) is 3.02. The van der Waals surface area contributed by atoms with Gasteiger partial charge in [0, 0.05) is 13.1 Å². The highest BCUT2D eigenvalue weighted by atomic mass is 14.9. The molecule has 0 unspecified atom stereocenters. The summed E-state index contributed by atoms with van der Waals surface area (Å²) >= 11 is 0. The molecule has 1 rings (SSSR count). The van der Waals surface area contributed by atoms with Gasteiger partial charge in [0.1, 0.15) is 0 Å². The average Bonchev–Trinajstić information content (AvgIpc) is 2.14. The Balaban J connectivity index is 2.14. The highest BCUT2D eigenvalue weighted by Gasteiger charge is 2.11. The van der Waals surface area contributed by atoms with Gasteiger partial charge in [-0.25, -0.2) is 5.32 Å². The molecule has 7 heavy (non-hydrogen) atoms. The van der Waals surface area contributed by atoms with Crippen molar-refractivity contribution >= 4 is 0 Å². The number of nitrogens with zero attached hydrogens (tertiary/aromatic N) is 1. The molecule has 1 aliphatic rings. The van der Waals surface area contributed by atoms with E-state index in [1.165, 1.54) is 25.7 Å². The second-order valence-electron chi connectivity index (χ2n) is 2.20. The molecule has 0 aromatic carbocycles. The van der Waals surface area contributed by atoms with Crippen LogP contribution in [0.3, 0.4) is 0 Å². The van der Waals surface area contributed by atoms with Crippen molar-refractivity contribution in [1.82, 2.24) is 5.32 Å². The van der Waals surface area contributed by atoms with E-state index in [0.29, 0.717) is 0 Å². The second kappa shape index (κ2) is 2.31. The molecule has 41 valence electrons. The highest BCUT2D eigenvalue weighted by Crippen LogP contribution is 2.17. The summed E-state index contributed by atoms with van der Waals surface area (Å²) in [7, 11) is 1.93. The number of hydrogen-bond acceptors (Lipinski definition) is 0. The monoisotopic (exact) mass is 98.1 g/mol. The molecule has 0 N–H and O–H groups in total. The van der Waals surface area contributed by atoms with Crippen molar-refractivity contribution in [2.24, 2.45) is 0 Å². The molecule has 0 saturated heterocycles.